The fourth-order valence-electron chi connectivity index (χ4n) is 2.27. The molecule has 6 heteroatoms. The minimum Gasteiger partial charge on any atom is -0.481 e. The summed E-state index contributed by atoms with van der Waals surface area (Å²) in [6, 6.07) is -0.468. The second kappa shape index (κ2) is 6.58. The Labute approximate surface area is 107 Å². The largest absolute Gasteiger partial charge is 0.481 e. The molecule has 2 atom stereocenters. The van der Waals surface area contributed by atoms with Crippen molar-refractivity contribution in [3.05, 3.63) is 0 Å². The van der Waals surface area contributed by atoms with E-state index in [0.29, 0.717) is 26.2 Å². The zero-order valence-corrected chi connectivity index (χ0v) is 11.3. The Bertz CT molecular complexity index is 304. The molecule has 0 radical (unpaired) electrons. The van der Waals surface area contributed by atoms with Crippen LogP contribution < -0.4 is 0 Å². The second-order valence-corrected chi connectivity index (χ2v) is 4.29. The van der Waals surface area contributed by atoms with Crippen LogP contribution in [0, 0.1) is 5.92 Å². The first-order chi connectivity index (χ1) is 8.56. The number of amides is 2. The summed E-state index contributed by atoms with van der Waals surface area (Å²) in [6.45, 7) is 7.91. The average Bonchev–Trinajstić information content (AvgIpc) is 2.81. The van der Waals surface area contributed by atoms with Crippen LogP contribution in [0.3, 0.4) is 0 Å². The van der Waals surface area contributed by atoms with Gasteiger partial charge in [0.05, 0.1) is 19.3 Å². The molecule has 0 spiro atoms. The van der Waals surface area contributed by atoms with Gasteiger partial charge in [-0.1, -0.05) is 0 Å². The molecule has 1 heterocycles. The van der Waals surface area contributed by atoms with Crippen molar-refractivity contribution >= 4 is 12.0 Å². The van der Waals surface area contributed by atoms with E-state index in [4.69, 9.17) is 9.84 Å². The molecule has 1 aliphatic heterocycles. The lowest BCUT2D eigenvalue weighted by Gasteiger charge is -2.33. The Balaban J connectivity index is 2.82. The van der Waals surface area contributed by atoms with E-state index >= 15 is 0 Å². The summed E-state index contributed by atoms with van der Waals surface area (Å²) in [5.41, 5.74) is 0. The van der Waals surface area contributed by atoms with E-state index in [-0.39, 0.29) is 18.7 Å². The summed E-state index contributed by atoms with van der Waals surface area (Å²) in [4.78, 5) is 26.7. The van der Waals surface area contributed by atoms with Gasteiger partial charge < -0.3 is 19.6 Å². The van der Waals surface area contributed by atoms with Crippen molar-refractivity contribution in [2.24, 2.45) is 5.92 Å². The molecule has 2 unspecified atom stereocenters. The van der Waals surface area contributed by atoms with Gasteiger partial charge in [-0.2, -0.15) is 0 Å². The number of carbonyl (C=O) groups is 2. The normalized spacial score (nSPS) is 22.8. The Hall–Kier alpha value is -1.30. The van der Waals surface area contributed by atoms with Crippen LogP contribution in [0.4, 0.5) is 4.79 Å². The van der Waals surface area contributed by atoms with Crippen LogP contribution in [0.1, 0.15) is 20.8 Å². The Morgan fingerprint density at radius 1 is 1.17 bits per heavy atom. The number of carbonyl (C=O) groups excluding carboxylic acids is 1. The van der Waals surface area contributed by atoms with E-state index in [1.807, 2.05) is 20.8 Å². The van der Waals surface area contributed by atoms with Gasteiger partial charge in [-0.05, 0) is 20.8 Å². The number of urea groups is 1. The number of carboxylic acid groups (broad SMARTS) is 1. The van der Waals surface area contributed by atoms with E-state index in [0.717, 1.165) is 0 Å². The molecule has 0 aromatic rings. The van der Waals surface area contributed by atoms with E-state index in [9.17, 15) is 9.59 Å². The second-order valence-electron chi connectivity index (χ2n) is 4.29. The van der Waals surface area contributed by atoms with Gasteiger partial charge in [-0.25, -0.2) is 4.79 Å². The van der Waals surface area contributed by atoms with Crippen LogP contribution in [0.2, 0.25) is 0 Å². The van der Waals surface area contributed by atoms with Crippen molar-refractivity contribution in [3.8, 4) is 0 Å². The molecule has 1 saturated heterocycles. The van der Waals surface area contributed by atoms with Crippen LogP contribution in [0.15, 0.2) is 0 Å². The summed E-state index contributed by atoms with van der Waals surface area (Å²) in [5.74, 6) is -1.52. The molecule has 0 saturated carbocycles. The molecule has 0 aliphatic carbocycles. The lowest BCUT2D eigenvalue weighted by Crippen LogP contribution is -2.51. The molecule has 0 aromatic carbocycles. The standard InChI is InChI=1S/C12H22N2O4/c1-4-13(5-2)12(17)14(6-3)10-8-18-7-9(10)11(15)16/h9-10H,4-8H2,1-3H3,(H,15,16). The van der Waals surface area contributed by atoms with E-state index in [2.05, 4.69) is 0 Å². The minimum atomic E-state index is -0.900. The Morgan fingerprint density at radius 3 is 2.22 bits per heavy atom. The first kappa shape index (κ1) is 14.8. The maximum atomic E-state index is 12.3. The SMILES string of the molecule is CCN(CC)C(=O)N(CC)C1COCC1C(=O)O. The fraction of sp³-hybridized carbons (Fsp3) is 0.833. The molecule has 1 aliphatic rings. The van der Waals surface area contributed by atoms with Gasteiger partial charge in [0.15, 0.2) is 0 Å². The molecule has 1 N–H and O–H groups in total. The molecule has 0 bridgehead atoms. The number of aliphatic carboxylic acids is 1. The topological polar surface area (TPSA) is 70.1 Å². The molecule has 0 aromatic heterocycles. The van der Waals surface area contributed by atoms with E-state index in [1.165, 1.54) is 0 Å². The number of hydrogen-bond donors (Lipinski definition) is 1. The third-order valence-electron chi connectivity index (χ3n) is 3.39. The first-order valence-electron chi connectivity index (χ1n) is 6.42. The van der Waals surface area contributed by atoms with Crippen molar-refractivity contribution in [2.45, 2.75) is 26.8 Å². The monoisotopic (exact) mass is 258 g/mol. The van der Waals surface area contributed by atoms with Crippen molar-refractivity contribution in [3.63, 3.8) is 0 Å². The van der Waals surface area contributed by atoms with Crippen molar-refractivity contribution in [1.29, 1.82) is 0 Å². The number of hydrogen-bond acceptors (Lipinski definition) is 3. The number of likely N-dealkylation sites (N-methyl/N-ethyl adjacent to an activating group) is 1. The number of ether oxygens (including phenoxy) is 1. The third kappa shape index (κ3) is 2.93. The van der Waals surface area contributed by atoms with Gasteiger partial charge >= 0.3 is 12.0 Å². The van der Waals surface area contributed by atoms with Crippen molar-refractivity contribution in [1.82, 2.24) is 9.80 Å². The van der Waals surface area contributed by atoms with Crippen LogP contribution in [-0.4, -0.2) is 65.8 Å². The van der Waals surface area contributed by atoms with Gasteiger partial charge in [0.2, 0.25) is 0 Å². The summed E-state index contributed by atoms with van der Waals surface area (Å²) < 4.78 is 5.22. The quantitative estimate of drug-likeness (QED) is 0.794. The number of rotatable bonds is 5. The number of nitrogens with zero attached hydrogens (tertiary/aromatic N) is 2. The lowest BCUT2D eigenvalue weighted by molar-refractivity contribution is -0.142. The highest BCUT2D eigenvalue weighted by Gasteiger charge is 2.40. The third-order valence-corrected chi connectivity index (χ3v) is 3.39. The van der Waals surface area contributed by atoms with Gasteiger partial charge in [0.25, 0.3) is 0 Å². The van der Waals surface area contributed by atoms with Crippen LogP contribution in [0.25, 0.3) is 0 Å². The molecule has 6 nitrogen and oxygen atoms in total. The van der Waals surface area contributed by atoms with E-state index in [1.54, 1.807) is 9.80 Å². The van der Waals surface area contributed by atoms with Crippen LogP contribution in [0.5, 0.6) is 0 Å². The molecular formula is C12H22N2O4. The maximum absolute atomic E-state index is 12.3. The summed E-state index contributed by atoms with van der Waals surface area (Å²) in [6.07, 6.45) is 0. The van der Waals surface area contributed by atoms with E-state index < -0.39 is 11.9 Å². The van der Waals surface area contributed by atoms with Gasteiger partial charge in [0.1, 0.15) is 5.92 Å². The summed E-state index contributed by atoms with van der Waals surface area (Å²) in [7, 11) is 0. The predicted octanol–water partition coefficient (Wildman–Crippen LogP) is 0.870. The highest BCUT2D eigenvalue weighted by atomic mass is 16.5. The smallest absolute Gasteiger partial charge is 0.320 e. The van der Waals surface area contributed by atoms with Crippen LogP contribution >= 0.6 is 0 Å². The van der Waals surface area contributed by atoms with Gasteiger partial charge in [-0.3, -0.25) is 4.79 Å². The van der Waals surface area contributed by atoms with Crippen molar-refractivity contribution < 1.29 is 19.4 Å². The summed E-state index contributed by atoms with van der Waals surface area (Å²) in [5, 5.41) is 9.13. The molecule has 18 heavy (non-hydrogen) atoms. The highest BCUT2D eigenvalue weighted by Crippen LogP contribution is 2.21. The molecule has 1 rings (SSSR count). The Morgan fingerprint density at radius 2 is 1.78 bits per heavy atom. The summed E-state index contributed by atoms with van der Waals surface area (Å²) >= 11 is 0. The van der Waals surface area contributed by atoms with Gasteiger partial charge in [0, 0.05) is 19.6 Å². The zero-order chi connectivity index (χ0) is 13.7. The Kier molecular flexibility index (Phi) is 5.40. The molecule has 2 amide bonds. The fourth-order valence-corrected chi connectivity index (χ4v) is 2.27. The minimum absolute atomic E-state index is 0.107. The highest BCUT2D eigenvalue weighted by molar-refractivity contribution is 5.77. The van der Waals surface area contributed by atoms with Crippen molar-refractivity contribution in [2.75, 3.05) is 32.8 Å². The molecule has 104 valence electrons. The van der Waals surface area contributed by atoms with Gasteiger partial charge in [-0.15, -0.1) is 0 Å². The predicted molar refractivity (Wildman–Crippen MR) is 66.4 cm³/mol. The molecular weight excluding hydrogens is 236 g/mol. The van der Waals surface area contributed by atoms with Crippen LogP contribution in [-0.2, 0) is 9.53 Å². The maximum Gasteiger partial charge on any atom is 0.320 e. The average molecular weight is 258 g/mol. The zero-order valence-electron chi connectivity index (χ0n) is 11.3. The number of carboxylic acids is 1. The molecule has 1 fully saturated rings. The first-order valence-corrected chi connectivity index (χ1v) is 6.42. The lowest BCUT2D eigenvalue weighted by atomic mass is 10.0.